The Hall–Kier alpha value is -2.38. The average Bonchev–Trinajstić information content (AvgIpc) is 3.28. The van der Waals surface area contributed by atoms with Crippen LogP contribution >= 0.6 is 27.3 Å². The van der Waals surface area contributed by atoms with Crippen LogP contribution in [-0.4, -0.2) is 11.8 Å². The molecule has 0 unspecified atom stereocenters. The molecule has 0 aliphatic heterocycles. The number of nitrogens with one attached hydrogen (secondary N) is 2. The maximum Gasteiger partial charge on any atom is 0.279 e. The lowest BCUT2D eigenvalue weighted by Gasteiger charge is -2.05. The van der Waals surface area contributed by atoms with Crippen LogP contribution in [0.3, 0.4) is 0 Å². The van der Waals surface area contributed by atoms with Crippen molar-refractivity contribution in [3.8, 4) is 11.3 Å². The Bertz CT molecular complexity index is 873. The van der Waals surface area contributed by atoms with Gasteiger partial charge in [0.2, 0.25) is 5.91 Å². The minimum absolute atomic E-state index is 0.218. The number of furan rings is 1. The number of benzene rings is 1. The molecule has 2 N–H and O–H groups in total. The molecule has 0 saturated heterocycles. The van der Waals surface area contributed by atoms with Crippen molar-refractivity contribution in [2.75, 3.05) is 0 Å². The van der Waals surface area contributed by atoms with Crippen molar-refractivity contribution in [1.82, 2.24) is 10.9 Å². The Kier molecular flexibility index (Phi) is 5.67. The molecule has 2 aromatic heterocycles. The topological polar surface area (TPSA) is 71.3 Å². The third-order valence-electron chi connectivity index (χ3n) is 3.43. The normalized spacial score (nSPS) is 10.4. The van der Waals surface area contributed by atoms with Gasteiger partial charge in [-0.3, -0.25) is 20.4 Å². The van der Waals surface area contributed by atoms with Crippen molar-refractivity contribution < 1.29 is 14.0 Å². The van der Waals surface area contributed by atoms with Crippen molar-refractivity contribution in [1.29, 1.82) is 0 Å². The van der Waals surface area contributed by atoms with Gasteiger partial charge < -0.3 is 4.42 Å². The first-order chi connectivity index (χ1) is 12.1. The Morgan fingerprint density at radius 3 is 2.52 bits per heavy atom. The summed E-state index contributed by atoms with van der Waals surface area (Å²) in [5.74, 6) is 0.880. The van der Waals surface area contributed by atoms with Gasteiger partial charge >= 0.3 is 0 Å². The molecule has 5 nitrogen and oxygen atoms in total. The first-order valence-corrected chi connectivity index (χ1v) is 9.21. The quantitative estimate of drug-likeness (QED) is 0.610. The summed E-state index contributed by atoms with van der Waals surface area (Å²) in [6, 6.07) is 17.0. The van der Waals surface area contributed by atoms with Crippen LogP contribution in [0.5, 0.6) is 0 Å². The Morgan fingerprint density at radius 2 is 1.80 bits per heavy atom. The maximum atomic E-state index is 11.9. The van der Waals surface area contributed by atoms with E-state index in [1.54, 1.807) is 12.1 Å². The predicted octanol–water partition coefficient (Wildman–Crippen LogP) is 4.16. The highest BCUT2D eigenvalue weighted by Gasteiger charge is 2.11. The van der Waals surface area contributed by atoms with Crippen molar-refractivity contribution in [3.63, 3.8) is 0 Å². The molecule has 0 atom stereocenters. The summed E-state index contributed by atoms with van der Waals surface area (Å²) >= 11 is 4.59. The van der Waals surface area contributed by atoms with Gasteiger partial charge in [-0.25, -0.2) is 0 Å². The fourth-order valence-electron chi connectivity index (χ4n) is 2.19. The van der Waals surface area contributed by atoms with E-state index in [1.165, 1.54) is 11.3 Å². The summed E-state index contributed by atoms with van der Waals surface area (Å²) in [5, 5.41) is 0. The van der Waals surface area contributed by atoms with Crippen LogP contribution in [0, 0.1) is 0 Å². The standard InChI is InChI=1S/C18H15BrN2O3S/c19-16-10-9-15(25-16)18(23)21-20-17(22)11-7-13-6-8-14(24-13)12-4-2-1-3-5-12/h1-6,8-10H,7,11H2,(H,20,22)(H,21,23). The molecule has 3 aromatic rings. The van der Waals surface area contributed by atoms with Gasteiger partial charge in [-0.05, 0) is 40.2 Å². The summed E-state index contributed by atoms with van der Waals surface area (Å²) in [6.07, 6.45) is 0.676. The van der Waals surface area contributed by atoms with E-state index in [1.807, 2.05) is 42.5 Å². The fraction of sp³-hybridized carbons (Fsp3) is 0.111. The van der Waals surface area contributed by atoms with Crippen molar-refractivity contribution >= 4 is 39.1 Å². The van der Waals surface area contributed by atoms with E-state index in [0.29, 0.717) is 11.3 Å². The molecule has 25 heavy (non-hydrogen) atoms. The molecule has 2 amide bonds. The lowest BCUT2D eigenvalue weighted by atomic mass is 10.2. The number of thiophene rings is 1. The minimum atomic E-state index is -0.339. The largest absolute Gasteiger partial charge is 0.461 e. The van der Waals surface area contributed by atoms with E-state index < -0.39 is 0 Å². The number of hydrogen-bond acceptors (Lipinski definition) is 4. The number of hydrogen-bond donors (Lipinski definition) is 2. The summed E-state index contributed by atoms with van der Waals surface area (Å²) in [5.41, 5.74) is 5.80. The van der Waals surface area contributed by atoms with E-state index in [4.69, 9.17) is 4.42 Å². The van der Waals surface area contributed by atoms with Gasteiger partial charge in [0.15, 0.2) is 0 Å². The molecule has 1 aromatic carbocycles. The van der Waals surface area contributed by atoms with Crippen LogP contribution in [0.4, 0.5) is 0 Å². The van der Waals surface area contributed by atoms with Gasteiger partial charge in [-0.15, -0.1) is 11.3 Å². The molecule has 3 rings (SSSR count). The minimum Gasteiger partial charge on any atom is -0.461 e. The average molecular weight is 419 g/mol. The number of carbonyl (C=O) groups is 2. The van der Waals surface area contributed by atoms with Gasteiger partial charge in [0.25, 0.3) is 5.91 Å². The van der Waals surface area contributed by atoms with Crippen LogP contribution < -0.4 is 10.9 Å². The SMILES string of the molecule is O=C(CCc1ccc(-c2ccccc2)o1)NNC(=O)c1ccc(Br)s1. The van der Waals surface area contributed by atoms with E-state index in [9.17, 15) is 9.59 Å². The highest BCUT2D eigenvalue weighted by atomic mass is 79.9. The van der Waals surface area contributed by atoms with Gasteiger partial charge in [-0.2, -0.15) is 0 Å². The molecule has 0 bridgehead atoms. The second kappa shape index (κ2) is 8.13. The molecule has 0 fully saturated rings. The fourth-order valence-corrected chi connectivity index (χ4v) is 3.47. The van der Waals surface area contributed by atoms with Crippen LogP contribution in [0.15, 0.2) is 62.8 Å². The molecule has 128 valence electrons. The second-order valence-corrected chi connectivity index (χ2v) is 7.70. The number of amides is 2. The van der Waals surface area contributed by atoms with Crippen LogP contribution in [-0.2, 0) is 11.2 Å². The molecule has 2 heterocycles. The first-order valence-electron chi connectivity index (χ1n) is 7.60. The van der Waals surface area contributed by atoms with E-state index in [0.717, 1.165) is 20.9 Å². The number of carbonyl (C=O) groups excluding carboxylic acids is 2. The highest BCUT2D eigenvalue weighted by molar-refractivity contribution is 9.11. The lowest BCUT2D eigenvalue weighted by Crippen LogP contribution is -2.41. The molecule has 0 saturated carbocycles. The molecule has 7 heteroatoms. The van der Waals surface area contributed by atoms with E-state index in [2.05, 4.69) is 26.8 Å². The van der Waals surface area contributed by atoms with Gasteiger partial charge in [0.05, 0.1) is 8.66 Å². The predicted molar refractivity (Wildman–Crippen MR) is 100 cm³/mol. The summed E-state index contributed by atoms with van der Waals surface area (Å²) in [7, 11) is 0. The Balaban J connectivity index is 1.46. The number of aryl methyl sites for hydroxylation is 1. The second-order valence-electron chi connectivity index (χ2n) is 5.24. The van der Waals surface area contributed by atoms with Gasteiger partial charge in [0.1, 0.15) is 11.5 Å². The first kappa shape index (κ1) is 17.4. The van der Waals surface area contributed by atoms with Crippen LogP contribution in [0.25, 0.3) is 11.3 Å². The monoisotopic (exact) mass is 418 g/mol. The number of halogens is 1. The summed E-state index contributed by atoms with van der Waals surface area (Å²) in [4.78, 5) is 24.2. The lowest BCUT2D eigenvalue weighted by molar-refractivity contribution is -0.121. The zero-order chi connectivity index (χ0) is 17.6. The van der Waals surface area contributed by atoms with Crippen LogP contribution in [0.2, 0.25) is 0 Å². The third-order valence-corrected chi connectivity index (χ3v) is 5.05. The van der Waals surface area contributed by atoms with Gasteiger partial charge in [-0.1, -0.05) is 30.3 Å². The highest BCUT2D eigenvalue weighted by Crippen LogP contribution is 2.23. The summed E-state index contributed by atoms with van der Waals surface area (Å²) in [6.45, 7) is 0. The zero-order valence-electron chi connectivity index (χ0n) is 13.1. The third kappa shape index (κ3) is 4.80. The van der Waals surface area contributed by atoms with E-state index in [-0.39, 0.29) is 18.2 Å². The summed E-state index contributed by atoms with van der Waals surface area (Å²) < 4.78 is 6.60. The Labute approximate surface area is 157 Å². The van der Waals surface area contributed by atoms with Crippen molar-refractivity contribution in [3.05, 3.63) is 69.0 Å². The van der Waals surface area contributed by atoms with E-state index >= 15 is 0 Å². The smallest absolute Gasteiger partial charge is 0.279 e. The molecule has 0 spiro atoms. The molecule has 0 aliphatic rings. The number of rotatable bonds is 5. The molecule has 0 aliphatic carbocycles. The van der Waals surface area contributed by atoms with Gasteiger partial charge in [0, 0.05) is 18.4 Å². The van der Waals surface area contributed by atoms with Crippen LogP contribution in [0.1, 0.15) is 21.9 Å². The zero-order valence-corrected chi connectivity index (χ0v) is 15.5. The molecular weight excluding hydrogens is 404 g/mol. The number of hydrazine groups is 1. The molecular formula is C18H15BrN2O3S. The van der Waals surface area contributed by atoms with Crippen molar-refractivity contribution in [2.45, 2.75) is 12.8 Å². The molecule has 0 radical (unpaired) electrons. The van der Waals surface area contributed by atoms with Crippen molar-refractivity contribution in [2.24, 2.45) is 0 Å². The Morgan fingerprint density at radius 1 is 1.00 bits per heavy atom. The maximum absolute atomic E-state index is 11.9.